The summed E-state index contributed by atoms with van der Waals surface area (Å²) in [5.41, 5.74) is 1.32. The molecule has 0 saturated carbocycles. The average molecular weight is 441 g/mol. The third-order valence-electron chi connectivity index (χ3n) is 4.32. The summed E-state index contributed by atoms with van der Waals surface area (Å²) in [4.78, 5) is 30.4. The van der Waals surface area contributed by atoms with Gasteiger partial charge in [-0.15, -0.1) is 0 Å². The second-order valence-corrected chi connectivity index (χ2v) is 8.01. The van der Waals surface area contributed by atoms with Crippen molar-refractivity contribution in [1.29, 1.82) is 0 Å². The van der Waals surface area contributed by atoms with Crippen LogP contribution in [-0.2, 0) is 0 Å². The maximum absolute atomic E-state index is 13.3. The Bertz CT molecular complexity index is 1270. The quantitative estimate of drug-likeness (QED) is 0.228. The smallest absolute Gasteiger partial charge is 0.266 e. The minimum absolute atomic E-state index is 0.0539. The number of ketones is 1. The number of Topliss-reactive ketones (excluding diaryl/α,β-unsaturated/α-hetero) is 1. The van der Waals surface area contributed by atoms with E-state index >= 15 is 0 Å². The van der Waals surface area contributed by atoms with Crippen LogP contribution in [0.15, 0.2) is 82.7 Å². The van der Waals surface area contributed by atoms with Crippen LogP contribution in [0.25, 0.3) is 16.6 Å². The van der Waals surface area contributed by atoms with E-state index in [1.807, 2.05) is 24.3 Å². The van der Waals surface area contributed by atoms with Gasteiger partial charge in [-0.25, -0.2) is 4.98 Å². The van der Waals surface area contributed by atoms with Crippen molar-refractivity contribution in [1.82, 2.24) is 9.55 Å². The molecule has 0 unspecified atom stereocenters. The Balaban J connectivity index is 1.83. The lowest BCUT2D eigenvalue weighted by molar-refractivity contribution is 0.102. The number of halogens is 2. The zero-order valence-electron chi connectivity index (χ0n) is 15.0. The average Bonchev–Trinajstić information content (AvgIpc) is 2.75. The minimum atomic E-state index is -0.269. The molecule has 0 N–H and O–H groups in total. The van der Waals surface area contributed by atoms with Gasteiger partial charge in [0.1, 0.15) is 0 Å². The first-order chi connectivity index (χ1) is 14.0. The molecule has 0 aliphatic heterocycles. The first-order valence-corrected chi connectivity index (χ1v) is 10.5. The summed E-state index contributed by atoms with van der Waals surface area (Å²) in [5, 5.41) is 1.65. The van der Waals surface area contributed by atoms with E-state index in [2.05, 4.69) is 4.98 Å². The molecule has 0 atom stereocenters. The van der Waals surface area contributed by atoms with Gasteiger partial charge in [0.2, 0.25) is 0 Å². The highest BCUT2D eigenvalue weighted by Gasteiger charge is 2.17. The number of benzene rings is 3. The number of carbonyl (C=O) groups excluding carboxylic acids is 1. The molecule has 4 aromatic rings. The zero-order valence-corrected chi connectivity index (χ0v) is 17.3. The van der Waals surface area contributed by atoms with Crippen LogP contribution in [0.2, 0.25) is 10.0 Å². The highest BCUT2D eigenvalue weighted by Crippen LogP contribution is 2.28. The van der Waals surface area contributed by atoms with Crippen molar-refractivity contribution in [3.8, 4) is 5.69 Å². The second-order valence-electron chi connectivity index (χ2n) is 6.23. The Labute approximate surface area is 181 Å². The van der Waals surface area contributed by atoms with E-state index in [1.165, 1.54) is 16.3 Å². The lowest BCUT2D eigenvalue weighted by Gasteiger charge is -2.14. The molecule has 0 aliphatic carbocycles. The molecule has 29 heavy (non-hydrogen) atoms. The number of carbonyl (C=O) groups is 1. The number of hydrogen-bond donors (Lipinski definition) is 0. The van der Waals surface area contributed by atoms with Crippen molar-refractivity contribution in [3.05, 3.63) is 98.8 Å². The second kappa shape index (κ2) is 8.41. The van der Waals surface area contributed by atoms with Crippen LogP contribution < -0.4 is 5.56 Å². The first kappa shape index (κ1) is 19.7. The Morgan fingerprint density at radius 2 is 1.69 bits per heavy atom. The number of thioether (sulfide) groups is 1. The molecule has 144 valence electrons. The van der Waals surface area contributed by atoms with Crippen molar-refractivity contribution < 1.29 is 4.79 Å². The molecule has 0 radical (unpaired) electrons. The maximum atomic E-state index is 13.3. The summed E-state index contributed by atoms with van der Waals surface area (Å²) in [6, 6.07) is 21.0. The molecular weight excluding hydrogens is 427 g/mol. The molecular formula is C22H14Cl2N2O2S. The molecule has 0 fully saturated rings. The lowest BCUT2D eigenvalue weighted by Crippen LogP contribution is -2.22. The maximum Gasteiger partial charge on any atom is 0.266 e. The van der Waals surface area contributed by atoms with E-state index in [0.29, 0.717) is 37.4 Å². The lowest BCUT2D eigenvalue weighted by atomic mass is 10.2. The van der Waals surface area contributed by atoms with E-state index in [0.717, 1.165) is 0 Å². The molecule has 1 heterocycles. The van der Waals surface area contributed by atoms with Gasteiger partial charge in [-0.1, -0.05) is 77.4 Å². The summed E-state index contributed by atoms with van der Waals surface area (Å²) in [7, 11) is 0. The van der Waals surface area contributed by atoms with Gasteiger partial charge in [0.25, 0.3) is 5.56 Å². The Hall–Kier alpha value is -2.60. The van der Waals surface area contributed by atoms with E-state index < -0.39 is 0 Å². The molecule has 0 amide bonds. The third-order valence-corrected chi connectivity index (χ3v) is 5.82. The highest BCUT2D eigenvalue weighted by atomic mass is 35.5. The molecule has 3 aromatic carbocycles. The van der Waals surface area contributed by atoms with Gasteiger partial charge in [0.15, 0.2) is 10.9 Å². The molecule has 1 aromatic heterocycles. The van der Waals surface area contributed by atoms with Gasteiger partial charge in [0.05, 0.1) is 27.4 Å². The van der Waals surface area contributed by atoms with Gasteiger partial charge < -0.3 is 0 Å². The summed E-state index contributed by atoms with van der Waals surface area (Å²) in [6.45, 7) is 0. The van der Waals surface area contributed by atoms with Crippen LogP contribution in [0.3, 0.4) is 0 Å². The van der Waals surface area contributed by atoms with Gasteiger partial charge in [0, 0.05) is 10.6 Å². The van der Waals surface area contributed by atoms with E-state index in [-0.39, 0.29) is 17.1 Å². The monoisotopic (exact) mass is 440 g/mol. The van der Waals surface area contributed by atoms with Crippen molar-refractivity contribution in [2.24, 2.45) is 0 Å². The van der Waals surface area contributed by atoms with Crippen LogP contribution in [-0.4, -0.2) is 21.1 Å². The molecule has 4 rings (SSSR count). The van der Waals surface area contributed by atoms with Crippen LogP contribution in [0.1, 0.15) is 10.4 Å². The van der Waals surface area contributed by atoms with Crippen LogP contribution in [0, 0.1) is 0 Å². The van der Waals surface area contributed by atoms with Gasteiger partial charge in [-0.05, 0) is 30.3 Å². The van der Waals surface area contributed by atoms with Crippen LogP contribution in [0.4, 0.5) is 0 Å². The summed E-state index contributed by atoms with van der Waals surface area (Å²) >= 11 is 13.7. The van der Waals surface area contributed by atoms with E-state index in [9.17, 15) is 9.59 Å². The number of aromatic nitrogens is 2. The predicted octanol–water partition coefficient (Wildman–Crippen LogP) is 5.67. The Morgan fingerprint density at radius 1 is 0.966 bits per heavy atom. The largest absolute Gasteiger partial charge is 0.293 e. The van der Waals surface area contributed by atoms with Gasteiger partial charge in [-0.3, -0.25) is 14.2 Å². The SMILES string of the molecule is O=C(CSc1nc2ccccc2c(=O)n1-c1cc(Cl)ccc1Cl)c1ccccc1. The molecule has 0 bridgehead atoms. The Morgan fingerprint density at radius 3 is 2.48 bits per heavy atom. The summed E-state index contributed by atoms with van der Waals surface area (Å²) in [5.74, 6) is 0.0780. The number of hydrogen-bond acceptors (Lipinski definition) is 4. The molecule has 4 nitrogen and oxygen atoms in total. The third kappa shape index (κ3) is 4.08. The highest BCUT2D eigenvalue weighted by molar-refractivity contribution is 7.99. The standard InChI is InChI=1S/C22H14Cl2N2O2S/c23-15-10-11-17(24)19(12-15)26-21(28)16-8-4-5-9-18(16)25-22(26)29-13-20(27)14-6-2-1-3-7-14/h1-12H,13H2. The number of nitrogens with zero attached hydrogens (tertiary/aromatic N) is 2. The summed E-state index contributed by atoms with van der Waals surface area (Å²) < 4.78 is 1.42. The fraction of sp³-hybridized carbons (Fsp3) is 0.0455. The minimum Gasteiger partial charge on any atom is -0.293 e. The zero-order chi connectivity index (χ0) is 20.4. The van der Waals surface area contributed by atoms with Crippen molar-refractivity contribution in [2.45, 2.75) is 5.16 Å². The van der Waals surface area contributed by atoms with Crippen LogP contribution in [0.5, 0.6) is 0 Å². The number of para-hydroxylation sites is 1. The normalized spacial score (nSPS) is 11.0. The van der Waals surface area contributed by atoms with E-state index in [1.54, 1.807) is 48.5 Å². The fourth-order valence-corrected chi connectivity index (χ4v) is 4.18. The number of fused-ring (bicyclic) bond motifs is 1. The number of rotatable bonds is 5. The molecule has 7 heteroatoms. The summed E-state index contributed by atoms with van der Waals surface area (Å²) in [6.07, 6.45) is 0. The van der Waals surface area contributed by atoms with Crippen molar-refractivity contribution >= 4 is 51.6 Å². The molecule has 0 aliphatic rings. The van der Waals surface area contributed by atoms with Crippen LogP contribution >= 0.6 is 35.0 Å². The van der Waals surface area contributed by atoms with Gasteiger partial charge >= 0.3 is 0 Å². The van der Waals surface area contributed by atoms with Gasteiger partial charge in [-0.2, -0.15) is 0 Å². The fourth-order valence-electron chi connectivity index (χ4n) is 2.92. The predicted molar refractivity (Wildman–Crippen MR) is 119 cm³/mol. The van der Waals surface area contributed by atoms with E-state index in [4.69, 9.17) is 23.2 Å². The molecule has 0 spiro atoms. The van der Waals surface area contributed by atoms with Crippen molar-refractivity contribution in [2.75, 3.05) is 5.75 Å². The first-order valence-electron chi connectivity index (χ1n) is 8.73. The van der Waals surface area contributed by atoms with Crippen molar-refractivity contribution in [3.63, 3.8) is 0 Å². The Kier molecular flexibility index (Phi) is 5.72. The molecule has 0 saturated heterocycles. The topological polar surface area (TPSA) is 52.0 Å².